The maximum absolute atomic E-state index is 11.5. The zero-order valence-corrected chi connectivity index (χ0v) is 11.8. The molecule has 3 N–H and O–H groups in total. The molecule has 2 aliphatic rings. The van der Waals surface area contributed by atoms with Crippen LogP contribution in [-0.4, -0.2) is 36.0 Å². The van der Waals surface area contributed by atoms with Gasteiger partial charge in [0.25, 0.3) is 0 Å². The van der Waals surface area contributed by atoms with Crippen molar-refractivity contribution >= 4 is 17.5 Å². The summed E-state index contributed by atoms with van der Waals surface area (Å²) in [6, 6.07) is 1.90. The molecule has 6 heteroatoms. The van der Waals surface area contributed by atoms with E-state index in [1.165, 1.54) is 12.8 Å². The summed E-state index contributed by atoms with van der Waals surface area (Å²) in [6.07, 6.45) is 4.46. The van der Waals surface area contributed by atoms with Crippen LogP contribution in [0.25, 0.3) is 0 Å². The lowest BCUT2D eigenvalue weighted by Crippen LogP contribution is -2.30. The van der Waals surface area contributed by atoms with Crippen molar-refractivity contribution in [3.8, 4) is 0 Å². The van der Waals surface area contributed by atoms with Gasteiger partial charge in [-0.05, 0) is 25.7 Å². The van der Waals surface area contributed by atoms with Crippen molar-refractivity contribution in [1.82, 2.24) is 15.3 Å². The molecule has 6 nitrogen and oxygen atoms in total. The molecular formula is C14H21N5O. The molecule has 20 heavy (non-hydrogen) atoms. The van der Waals surface area contributed by atoms with Gasteiger partial charge in [0.2, 0.25) is 5.91 Å². The summed E-state index contributed by atoms with van der Waals surface area (Å²) in [5.74, 6) is 3.56. The minimum Gasteiger partial charge on any atom is -0.373 e. The summed E-state index contributed by atoms with van der Waals surface area (Å²) in [5, 5.41) is 9.25. The minimum atomic E-state index is 0.184. The van der Waals surface area contributed by atoms with Gasteiger partial charge >= 0.3 is 0 Å². The van der Waals surface area contributed by atoms with E-state index in [2.05, 4.69) is 25.9 Å². The van der Waals surface area contributed by atoms with Crippen LogP contribution in [0.15, 0.2) is 6.07 Å². The minimum absolute atomic E-state index is 0.184. The first-order chi connectivity index (χ1) is 9.76. The highest BCUT2D eigenvalue weighted by Gasteiger charge is 2.29. The summed E-state index contributed by atoms with van der Waals surface area (Å²) in [7, 11) is 1.86. The van der Waals surface area contributed by atoms with Crippen LogP contribution in [0.4, 0.5) is 11.6 Å². The topological polar surface area (TPSA) is 78.9 Å². The molecule has 0 aliphatic heterocycles. The molecule has 1 amide bonds. The molecule has 0 spiro atoms. The maximum Gasteiger partial charge on any atom is 0.223 e. The Kier molecular flexibility index (Phi) is 3.71. The van der Waals surface area contributed by atoms with Crippen molar-refractivity contribution in [3.63, 3.8) is 0 Å². The molecule has 3 rings (SSSR count). The van der Waals surface area contributed by atoms with Crippen LogP contribution in [0.1, 0.15) is 37.4 Å². The molecule has 1 aromatic heterocycles. The third kappa shape index (κ3) is 3.37. The number of carbonyl (C=O) groups excluding carboxylic acids is 1. The molecule has 0 unspecified atom stereocenters. The Hall–Kier alpha value is -1.85. The first kappa shape index (κ1) is 13.1. The van der Waals surface area contributed by atoms with Gasteiger partial charge in [0, 0.05) is 38.0 Å². The zero-order valence-electron chi connectivity index (χ0n) is 11.8. The van der Waals surface area contributed by atoms with Crippen LogP contribution < -0.4 is 16.0 Å². The summed E-state index contributed by atoms with van der Waals surface area (Å²) in [6.45, 7) is 1.32. The third-order valence-corrected chi connectivity index (χ3v) is 3.62. The lowest BCUT2D eigenvalue weighted by Gasteiger charge is -2.10. The number of hydrogen-bond donors (Lipinski definition) is 3. The molecule has 2 fully saturated rings. The van der Waals surface area contributed by atoms with E-state index < -0.39 is 0 Å². The van der Waals surface area contributed by atoms with Crippen LogP contribution in [0.3, 0.4) is 0 Å². The average molecular weight is 275 g/mol. The number of nitrogens with one attached hydrogen (secondary N) is 3. The standard InChI is InChI=1S/C14H21N5O/c1-15-11-8-12(19-13(18-11)9-2-3-9)16-6-7-17-14(20)10-4-5-10/h8-10H,2-7H2,1H3,(H,17,20)(H2,15,16,18,19). The van der Waals surface area contributed by atoms with Gasteiger partial charge in [-0.25, -0.2) is 9.97 Å². The van der Waals surface area contributed by atoms with E-state index in [1.807, 2.05) is 13.1 Å². The maximum atomic E-state index is 11.5. The Morgan fingerprint density at radius 2 is 1.95 bits per heavy atom. The molecule has 0 bridgehead atoms. The van der Waals surface area contributed by atoms with E-state index in [4.69, 9.17) is 0 Å². The fourth-order valence-corrected chi connectivity index (χ4v) is 2.07. The van der Waals surface area contributed by atoms with Crippen molar-refractivity contribution < 1.29 is 4.79 Å². The zero-order chi connectivity index (χ0) is 13.9. The Balaban J connectivity index is 1.50. The normalized spacial score (nSPS) is 17.6. The SMILES string of the molecule is CNc1cc(NCCNC(=O)C2CC2)nc(C2CC2)n1. The van der Waals surface area contributed by atoms with Crippen LogP contribution >= 0.6 is 0 Å². The van der Waals surface area contributed by atoms with Gasteiger partial charge in [-0.1, -0.05) is 0 Å². The molecule has 108 valence electrons. The number of aromatic nitrogens is 2. The van der Waals surface area contributed by atoms with Crippen LogP contribution in [0, 0.1) is 5.92 Å². The molecular weight excluding hydrogens is 254 g/mol. The second-order valence-electron chi connectivity index (χ2n) is 5.51. The van der Waals surface area contributed by atoms with Crippen molar-refractivity contribution in [2.75, 3.05) is 30.8 Å². The Bertz CT molecular complexity index is 496. The van der Waals surface area contributed by atoms with Gasteiger partial charge in [-0.15, -0.1) is 0 Å². The third-order valence-electron chi connectivity index (χ3n) is 3.62. The highest BCUT2D eigenvalue weighted by Crippen LogP contribution is 2.38. The number of anilines is 2. The summed E-state index contributed by atoms with van der Waals surface area (Å²) in [5.41, 5.74) is 0. The fourth-order valence-electron chi connectivity index (χ4n) is 2.07. The molecule has 0 radical (unpaired) electrons. The van der Waals surface area contributed by atoms with Gasteiger partial charge in [-0.2, -0.15) is 0 Å². The summed E-state index contributed by atoms with van der Waals surface area (Å²) in [4.78, 5) is 20.5. The number of nitrogens with zero attached hydrogens (tertiary/aromatic N) is 2. The number of carbonyl (C=O) groups is 1. The highest BCUT2D eigenvalue weighted by atomic mass is 16.2. The van der Waals surface area contributed by atoms with E-state index >= 15 is 0 Å². The first-order valence-corrected chi connectivity index (χ1v) is 7.34. The van der Waals surface area contributed by atoms with Gasteiger partial charge in [0.1, 0.15) is 17.5 Å². The van der Waals surface area contributed by atoms with E-state index in [0.717, 1.165) is 30.3 Å². The smallest absolute Gasteiger partial charge is 0.223 e. The predicted octanol–water partition coefficient (Wildman–Crippen LogP) is 1.33. The quantitative estimate of drug-likeness (QED) is 0.654. The van der Waals surface area contributed by atoms with Gasteiger partial charge in [0.15, 0.2) is 0 Å². The Morgan fingerprint density at radius 3 is 2.60 bits per heavy atom. The molecule has 2 aliphatic carbocycles. The van der Waals surface area contributed by atoms with Gasteiger partial charge in [-0.3, -0.25) is 4.79 Å². The predicted molar refractivity (Wildman–Crippen MR) is 77.8 cm³/mol. The monoisotopic (exact) mass is 275 g/mol. The molecule has 2 saturated carbocycles. The Morgan fingerprint density at radius 1 is 1.20 bits per heavy atom. The van der Waals surface area contributed by atoms with Crippen LogP contribution in [0.5, 0.6) is 0 Å². The number of rotatable bonds is 7. The van der Waals surface area contributed by atoms with Crippen molar-refractivity contribution in [2.45, 2.75) is 31.6 Å². The summed E-state index contributed by atoms with van der Waals surface area (Å²) < 4.78 is 0. The van der Waals surface area contributed by atoms with E-state index in [0.29, 0.717) is 19.0 Å². The second-order valence-corrected chi connectivity index (χ2v) is 5.51. The lowest BCUT2D eigenvalue weighted by molar-refractivity contribution is -0.122. The first-order valence-electron chi connectivity index (χ1n) is 7.34. The number of hydrogen-bond acceptors (Lipinski definition) is 5. The average Bonchev–Trinajstić information content (AvgIpc) is 3.32. The molecule has 1 aromatic rings. The van der Waals surface area contributed by atoms with Crippen LogP contribution in [0.2, 0.25) is 0 Å². The molecule has 0 saturated heterocycles. The fraction of sp³-hybridized carbons (Fsp3) is 0.643. The van der Waals surface area contributed by atoms with Gasteiger partial charge in [0.05, 0.1) is 0 Å². The van der Waals surface area contributed by atoms with Crippen molar-refractivity contribution in [1.29, 1.82) is 0 Å². The van der Waals surface area contributed by atoms with E-state index in [-0.39, 0.29) is 11.8 Å². The van der Waals surface area contributed by atoms with Gasteiger partial charge < -0.3 is 16.0 Å². The molecule has 0 atom stereocenters. The Labute approximate surface area is 118 Å². The van der Waals surface area contributed by atoms with Crippen molar-refractivity contribution in [3.05, 3.63) is 11.9 Å². The number of amides is 1. The lowest BCUT2D eigenvalue weighted by atomic mass is 10.3. The second kappa shape index (κ2) is 5.64. The molecule has 1 heterocycles. The van der Waals surface area contributed by atoms with E-state index in [1.54, 1.807) is 0 Å². The summed E-state index contributed by atoms with van der Waals surface area (Å²) >= 11 is 0. The van der Waals surface area contributed by atoms with Crippen molar-refractivity contribution in [2.24, 2.45) is 5.92 Å². The molecule has 0 aromatic carbocycles. The van der Waals surface area contributed by atoms with E-state index in [9.17, 15) is 4.79 Å². The van der Waals surface area contributed by atoms with Crippen LogP contribution in [-0.2, 0) is 4.79 Å². The largest absolute Gasteiger partial charge is 0.373 e. The highest BCUT2D eigenvalue weighted by molar-refractivity contribution is 5.80.